The van der Waals surface area contributed by atoms with Gasteiger partial charge in [0.1, 0.15) is 17.9 Å². The molecule has 1 aromatic carbocycles. The zero-order valence-electron chi connectivity index (χ0n) is 11.5. The fraction of sp³-hybridized carbons (Fsp3) is 0.429. The lowest BCUT2D eigenvalue weighted by Gasteiger charge is -2.13. The molecule has 6 nitrogen and oxygen atoms in total. The molecule has 1 fully saturated rings. The van der Waals surface area contributed by atoms with Crippen LogP contribution in [0.1, 0.15) is 13.3 Å². The van der Waals surface area contributed by atoms with Crippen molar-refractivity contribution in [3.05, 3.63) is 24.3 Å². The monoisotopic (exact) mass is 278 g/mol. The van der Waals surface area contributed by atoms with Crippen LogP contribution in [-0.2, 0) is 14.3 Å². The lowest BCUT2D eigenvalue weighted by Crippen LogP contribution is -2.31. The predicted molar refractivity (Wildman–Crippen MR) is 73.6 cm³/mol. The Morgan fingerprint density at radius 3 is 2.60 bits per heavy atom. The van der Waals surface area contributed by atoms with E-state index in [1.807, 2.05) is 0 Å². The molecule has 2 unspecified atom stereocenters. The number of methoxy groups -OCH3 is 1. The first kappa shape index (κ1) is 14.3. The molecule has 0 bridgehead atoms. The number of hydrogen-bond donors (Lipinski definition) is 2. The molecule has 1 aliphatic rings. The molecule has 108 valence electrons. The summed E-state index contributed by atoms with van der Waals surface area (Å²) in [5, 5.41) is 5.75. The lowest BCUT2D eigenvalue weighted by molar-refractivity contribution is -0.142. The molecule has 0 radical (unpaired) electrons. The maximum absolute atomic E-state index is 11.4. The van der Waals surface area contributed by atoms with Gasteiger partial charge >= 0.3 is 5.97 Å². The molecule has 20 heavy (non-hydrogen) atoms. The molecule has 0 saturated carbocycles. The van der Waals surface area contributed by atoms with Crippen molar-refractivity contribution in [3.63, 3.8) is 0 Å². The van der Waals surface area contributed by atoms with E-state index in [1.54, 1.807) is 24.3 Å². The van der Waals surface area contributed by atoms with Gasteiger partial charge in [-0.3, -0.25) is 9.59 Å². The minimum absolute atomic E-state index is 0.0642. The molecule has 1 heterocycles. The molecule has 1 amide bonds. The van der Waals surface area contributed by atoms with Crippen LogP contribution in [0.5, 0.6) is 5.75 Å². The van der Waals surface area contributed by atoms with E-state index in [0.717, 1.165) is 5.69 Å². The van der Waals surface area contributed by atoms with Crippen LogP contribution >= 0.6 is 0 Å². The Bertz CT molecular complexity index is 486. The van der Waals surface area contributed by atoms with Gasteiger partial charge in [0.15, 0.2) is 0 Å². The van der Waals surface area contributed by atoms with Crippen molar-refractivity contribution in [2.45, 2.75) is 25.5 Å². The minimum Gasteiger partial charge on any atom is -0.489 e. The first-order valence-electron chi connectivity index (χ1n) is 6.44. The van der Waals surface area contributed by atoms with Crippen molar-refractivity contribution >= 4 is 17.6 Å². The fourth-order valence-corrected chi connectivity index (χ4v) is 2.13. The summed E-state index contributed by atoms with van der Waals surface area (Å²) in [5.74, 6) is 0.327. The average molecular weight is 278 g/mol. The standard InChI is InChI=1S/C14H18N2O4/c1-9(17)16-10-3-5-11(6-4-10)20-12-7-13(15-8-12)14(18)19-2/h3-6,12-13,15H,7-8H2,1-2H3,(H,16,17). The van der Waals surface area contributed by atoms with E-state index in [9.17, 15) is 9.59 Å². The van der Waals surface area contributed by atoms with E-state index in [2.05, 4.69) is 15.4 Å². The summed E-state index contributed by atoms with van der Waals surface area (Å²) < 4.78 is 10.5. The second-order valence-corrected chi connectivity index (χ2v) is 4.67. The largest absolute Gasteiger partial charge is 0.489 e. The van der Waals surface area contributed by atoms with E-state index in [0.29, 0.717) is 18.7 Å². The predicted octanol–water partition coefficient (Wildman–Crippen LogP) is 0.927. The van der Waals surface area contributed by atoms with Gasteiger partial charge in [0, 0.05) is 25.6 Å². The molecular weight excluding hydrogens is 260 g/mol. The normalized spacial score (nSPS) is 21.3. The number of anilines is 1. The van der Waals surface area contributed by atoms with Crippen LogP contribution in [0.4, 0.5) is 5.69 Å². The van der Waals surface area contributed by atoms with E-state index in [1.165, 1.54) is 14.0 Å². The minimum atomic E-state index is -0.302. The Morgan fingerprint density at radius 1 is 1.30 bits per heavy atom. The highest BCUT2D eigenvalue weighted by Crippen LogP contribution is 2.20. The molecular formula is C14H18N2O4. The number of amides is 1. The van der Waals surface area contributed by atoms with E-state index in [4.69, 9.17) is 4.74 Å². The number of hydrogen-bond acceptors (Lipinski definition) is 5. The van der Waals surface area contributed by atoms with Crippen LogP contribution in [0.3, 0.4) is 0 Å². The van der Waals surface area contributed by atoms with Gasteiger partial charge in [-0.25, -0.2) is 0 Å². The van der Waals surface area contributed by atoms with Crippen molar-refractivity contribution in [3.8, 4) is 5.75 Å². The summed E-state index contributed by atoms with van der Waals surface area (Å²) in [6, 6.07) is 6.82. The summed E-state index contributed by atoms with van der Waals surface area (Å²) in [7, 11) is 1.37. The molecule has 0 aromatic heterocycles. The Kier molecular flexibility index (Phi) is 4.57. The van der Waals surface area contributed by atoms with Crippen molar-refractivity contribution in [2.75, 3.05) is 19.0 Å². The SMILES string of the molecule is COC(=O)C1CC(Oc2ccc(NC(C)=O)cc2)CN1. The van der Waals surface area contributed by atoms with Gasteiger partial charge in [0.2, 0.25) is 5.91 Å². The summed E-state index contributed by atoms with van der Waals surface area (Å²) in [4.78, 5) is 22.3. The third-order valence-electron chi connectivity index (χ3n) is 3.05. The Morgan fingerprint density at radius 2 is 2.00 bits per heavy atom. The van der Waals surface area contributed by atoms with Crippen LogP contribution in [0, 0.1) is 0 Å². The number of nitrogens with one attached hydrogen (secondary N) is 2. The third-order valence-corrected chi connectivity index (χ3v) is 3.05. The summed E-state index contributed by atoms with van der Waals surface area (Å²) in [5.41, 5.74) is 0.724. The highest BCUT2D eigenvalue weighted by Gasteiger charge is 2.31. The second kappa shape index (κ2) is 6.38. The molecule has 2 rings (SSSR count). The van der Waals surface area contributed by atoms with Crippen LogP contribution in [0.25, 0.3) is 0 Å². The number of ether oxygens (including phenoxy) is 2. The van der Waals surface area contributed by atoms with E-state index < -0.39 is 0 Å². The third kappa shape index (κ3) is 3.71. The number of benzene rings is 1. The molecule has 6 heteroatoms. The van der Waals surface area contributed by atoms with Crippen molar-refractivity contribution in [1.82, 2.24) is 5.32 Å². The number of rotatable bonds is 4. The van der Waals surface area contributed by atoms with Crippen molar-refractivity contribution < 1.29 is 19.1 Å². The Balaban J connectivity index is 1.88. The number of esters is 1. The smallest absolute Gasteiger partial charge is 0.323 e. The molecule has 1 aliphatic heterocycles. The maximum Gasteiger partial charge on any atom is 0.323 e. The van der Waals surface area contributed by atoms with E-state index >= 15 is 0 Å². The Hall–Kier alpha value is -2.08. The van der Waals surface area contributed by atoms with Crippen LogP contribution < -0.4 is 15.4 Å². The first-order chi connectivity index (χ1) is 9.58. The van der Waals surface area contributed by atoms with E-state index in [-0.39, 0.29) is 24.0 Å². The zero-order chi connectivity index (χ0) is 14.5. The summed E-state index contributed by atoms with van der Waals surface area (Å²) in [6.07, 6.45) is 0.519. The highest BCUT2D eigenvalue weighted by molar-refractivity contribution is 5.88. The van der Waals surface area contributed by atoms with Gasteiger partial charge in [0.05, 0.1) is 7.11 Å². The molecule has 1 saturated heterocycles. The van der Waals surface area contributed by atoms with Gasteiger partial charge in [0.25, 0.3) is 0 Å². The topological polar surface area (TPSA) is 76.7 Å². The maximum atomic E-state index is 11.4. The molecule has 0 aliphatic carbocycles. The number of carbonyl (C=O) groups is 2. The summed E-state index contributed by atoms with van der Waals surface area (Å²) >= 11 is 0. The summed E-state index contributed by atoms with van der Waals surface area (Å²) in [6.45, 7) is 2.06. The molecule has 0 spiro atoms. The van der Waals surface area contributed by atoms with Gasteiger partial charge in [-0.2, -0.15) is 0 Å². The fourth-order valence-electron chi connectivity index (χ4n) is 2.13. The van der Waals surface area contributed by atoms with Gasteiger partial charge in [-0.1, -0.05) is 0 Å². The molecule has 2 atom stereocenters. The van der Waals surface area contributed by atoms with Crippen LogP contribution in [0.2, 0.25) is 0 Å². The van der Waals surface area contributed by atoms with Gasteiger partial charge < -0.3 is 20.1 Å². The van der Waals surface area contributed by atoms with Crippen LogP contribution in [0.15, 0.2) is 24.3 Å². The van der Waals surface area contributed by atoms with Gasteiger partial charge in [-0.15, -0.1) is 0 Å². The second-order valence-electron chi connectivity index (χ2n) is 4.67. The van der Waals surface area contributed by atoms with Crippen molar-refractivity contribution in [2.24, 2.45) is 0 Å². The lowest BCUT2D eigenvalue weighted by atomic mass is 10.2. The highest BCUT2D eigenvalue weighted by atomic mass is 16.5. The van der Waals surface area contributed by atoms with Gasteiger partial charge in [-0.05, 0) is 24.3 Å². The quantitative estimate of drug-likeness (QED) is 0.801. The Labute approximate surface area is 117 Å². The molecule has 2 N–H and O–H groups in total. The average Bonchev–Trinajstić information content (AvgIpc) is 2.88. The van der Waals surface area contributed by atoms with Crippen LogP contribution in [-0.4, -0.2) is 37.7 Å². The zero-order valence-corrected chi connectivity index (χ0v) is 11.5. The first-order valence-corrected chi connectivity index (χ1v) is 6.44. The number of carbonyl (C=O) groups excluding carboxylic acids is 2. The molecule has 1 aromatic rings. The van der Waals surface area contributed by atoms with Crippen molar-refractivity contribution in [1.29, 1.82) is 0 Å².